The molecule has 0 saturated carbocycles. The fourth-order valence-corrected chi connectivity index (χ4v) is 3.52. The van der Waals surface area contributed by atoms with Gasteiger partial charge >= 0.3 is 0 Å². The van der Waals surface area contributed by atoms with Gasteiger partial charge in [0.1, 0.15) is 28.7 Å². The number of fused-ring (bicyclic) bond motifs is 1. The Morgan fingerprint density at radius 3 is 2.59 bits per heavy atom. The van der Waals surface area contributed by atoms with Crippen molar-refractivity contribution >= 4 is 0 Å². The van der Waals surface area contributed by atoms with Crippen molar-refractivity contribution in [2.75, 3.05) is 20.8 Å². The third-order valence-corrected chi connectivity index (χ3v) is 4.89. The zero-order chi connectivity index (χ0) is 19.6. The van der Waals surface area contributed by atoms with Crippen LogP contribution < -0.4 is 14.2 Å². The van der Waals surface area contributed by atoms with E-state index in [4.69, 9.17) is 14.2 Å². The van der Waals surface area contributed by atoms with Crippen LogP contribution >= 0.6 is 0 Å². The van der Waals surface area contributed by atoms with Crippen LogP contribution in [0, 0.1) is 0 Å². The molecule has 5 heteroatoms. The highest BCUT2D eigenvalue weighted by Gasteiger charge is 2.29. The van der Waals surface area contributed by atoms with Gasteiger partial charge in [-0.3, -0.25) is 0 Å². The number of hydrogen-bond donors (Lipinski definition) is 2. The minimum absolute atomic E-state index is 0.0308. The van der Waals surface area contributed by atoms with Crippen LogP contribution in [0.5, 0.6) is 28.7 Å². The summed E-state index contributed by atoms with van der Waals surface area (Å²) in [6, 6.07) is 6.59. The summed E-state index contributed by atoms with van der Waals surface area (Å²) in [6.45, 7) is 4.55. The molecule has 0 bridgehead atoms. The Hall–Kier alpha value is -2.82. The first-order valence-corrected chi connectivity index (χ1v) is 8.99. The molecular weight excluding hydrogens is 344 g/mol. The predicted octanol–water partition coefficient (Wildman–Crippen LogP) is 4.34. The van der Waals surface area contributed by atoms with E-state index in [2.05, 4.69) is 19.9 Å². The molecule has 0 saturated heterocycles. The molecule has 5 nitrogen and oxygen atoms in total. The second-order valence-corrected chi connectivity index (χ2v) is 7.01. The summed E-state index contributed by atoms with van der Waals surface area (Å²) in [5.41, 5.74) is 3.93. The van der Waals surface area contributed by atoms with E-state index in [1.54, 1.807) is 26.4 Å². The first-order chi connectivity index (χ1) is 12.9. The fourth-order valence-electron chi connectivity index (χ4n) is 3.52. The molecule has 0 radical (unpaired) electrons. The molecule has 3 rings (SSSR count). The van der Waals surface area contributed by atoms with E-state index in [1.165, 1.54) is 11.6 Å². The van der Waals surface area contributed by atoms with Crippen molar-refractivity contribution < 1.29 is 24.4 Å². The van der Waals surface area contributed by atoms with Crippen LogP contribution in [0.1, 0.15) is 36.5 Å². The Morgan fingerprint density at radius 1 is 1.19 bits per heavy atom. The Morgan fingerprint density at radius 2 is 1.96 bits per heavy atom. The van der Waals surface area contributed by atoms with Crippen molar-refractivity contribution in [2.24, 2.45) is 0 Å². The monoisotopic (exact) mass is 370 g/mol. The van der Waals surface area contributed by atoms with Gasteiger partial charge in [0.25, 0.3) is 0 Å². The number of rotatable bonds is 5. The highest BCUT2D eigenvalue weighted by Crippen LogP contribution is 2.45. The lowest BCUT2D eigenvalue weighted by molar-refractivity contribution is 0.252. The van der Waals surface area contributed by atoms with Crippen LogP contribution in [0.3, 0.4) is 0 Å². The van der Waals surface area contributed by atoms with Gasteiger partial charge in [0.05, 0.1) is 20.8 Å². The minimum Gasteiger partial charge on any atom is -0.508 e. The summed E-state index contributed by atoms with van der Waals surface area (Å²) in [7, 11) is 3.30. The maximum atomic E-state index is 10.2. The smallest absolute Gasteiger partial charge is 0.132 e. The number of phenols is 2. The number of aromatic hydroxyl groups is 2. The number of methoxy groups -OCH3 is 2. The molecule has 0 fully saturated rings. The van der Waals surface area contributed by atoms with Gasteiger partial charge in [-0.15, -0.1) is 0 Å². The molecule has 2 aromatic rings. The lowest BCUT2D eigenvalue weighted by Gasteiger charge is -2.29. The van der Waals surface area contributed by atoms with Crippen LogP contribution in [-0.2, 0) is 12.8 Å². The van der Waals surface area contributed by atoms with Crippen LogP contribution in [0.25, 0.3) is 0 Å². The van der Waals surface area contributed by atoms with Gasteiger partial charge < -0.3 is 24.4 Å². The van der Waals surface area contributed by atoms with E-state index in [-0.39, 0.29) is 17.4 Å². The van der Waals surface area contributed by atoms with Gasteiger partial charge in [-0.05, 0) is 32.8 Å². The zero-order valence-electron chi connectivity index (χ0n) is 16.2. The van der Waals surface area contributed by atoms with Gasteiger partial charge in [-0.25, -0.2) is 0 Å². The SMILES string of the molecule is COc1cc2c(c(OC)c1CC=C(C)C)C[C@H](c1ccc(O)cc1O)CO2. The molecule has 2 aromatic carbocycles. The molecule has 0 aliphatic carbocycles. The fraction of sp³-hybridized carbons (Fsp3) is 0.364. The van der Waals surface area contributed by atoms with Gasteiger partial charge in [0, 0.05) is 34.7 Å². The largest absolute Gasteiger partial charge is 0.508 e. The molecule has 1 atom stereocenters. The molecule has 0 aromatic heterocycles. The number of benzene rings is 2. The summed E-state index contributed by atoms with van der Waals surface area (Å²) in [5, 5.41) is 19.8. The normalized spacial score (nSPS) is 15.5. The lowest BCUT2D eigenvalue weighted by atomic mass is 9.87. The predicted molar refractivity (Wildman–Crippen MR) is 104 cm³/mol. The molecule has 1 heterocycles. The maximum Gasteiger partial charge on any atom is 0.132 e. The standard InChI is InChI=1S/C22H26O5/c1-13(2)5-7-17-20(25-3)11-21-18(22(17)26-4)9-14(12-27-21)16-8-6-15(23)10-19(16)24/h5-6,8,10-11,14,23-24H,7,9,12H2,1-4H3/t14-/m0/s1. The third-order valence-electron chi connectivity index (χ3n) is 4.89. The molecular formula is C22H26O5. The van der Waals surface area contributed by atoms with E-state index in [0.29, 0.717) is 19.4 Å². The highest BCUT2D eigenvalue weighted by atomic mass is 16.5. The summed E-state index contributed by atoms with van der Waals surface area (Å²) in [4.78, 5) is 0. The van der Waals surface area contributed by atoms with Crippen molar-refractivity contribution in [3.05, 3.63) is 52.6 Å². The van der Waals surface area contributed by atoms with Gasteiger partial charge in [0.15, 0.2) is 0 Å². The van der Waals surface area contributed by atoms with Crippen LogP contribution in [0.15, 0.2) is 35.9 Å². The van der Waals surface area contributed by atoms with Crippen molar-refractivity contribution in [3.63, 3.8) is 0 Å². The first kappa shape index (κ1) is 19.0. The zero-order valence-corrected chi connectivity index (χ0v) is 16.2. The number of ether oxygens (including phenoxy) is 3. The van der Waals surface area contributed by atoms with E-state index in [1.807, 2.05) is 6.07 Å². The Bertz CT molecular complexity index is 865. The number of allylic oxidation sites excluding steroid dienone is 2. The Kier molecular flexibility index (Phi) is 5.49. The maximum absolute atomic E-state index is 10.2. The summed E-state index contributed by atoms with van der Waals surface area (Å²) < 4.78 is 17.3. The third kappa shape index (κ3) is 3.82. The van der Waals surface area contributed by atoms with Crippen molar-refractivity contribution in [3.8, 4) is 28.7 Å². The van der Waals surface area contributed by atoms with Crippen LogP contribution in [0.2, 0.25) is 0 Å². The van der Waals surface area contributed by atoms with E-state index >= 15 is 0 Å². The molecule has 2 N–H and O–H groups in total. The lowest BCUT2D eigenvalue weighted by Crippen LogP contribution is -2.20. The van der Waals surface area contributed by atoms with Crippen molar-refractivity contribution in [1.29, 1.82) is 0 Å². The van der Waals surface area contributed by atoms with Gasteiger partial charge in [-0.2, -0.15) is 0 Å². The molecule has 0 unspecified atom stereocenters. The topological polar surface area (TPSA) is 68.2 Å². The quantitative estimate of drug-likeness (QED) is 0.766. The van der Waals surface area contributed by atoms with Crippen LogP contribution in [0.4, 0.5) is 0 Å². The second-order valence-electron chi connectivity index (χ2n) is 7.01. The average molecular weight is 370 g/mol. The van der Waals surface area contributed by atoms with E-state index < -0.39 is 0 Å². The number of hydrogen-bond acceptors (Lipinski definition) is 5. The van der Waals surface area contributed by atoms with Crippen molar-refractivity contribution in [1.82, 2.24) is 0 Å². The van der Waals surface area contributed by atoms with Gasteiger partial charge in [-0.1, -0.05) is 17.7 Å². The molecule has 144 valence electrons. The van der Waals surface area contributed by atoms with Crippen LogP contribution in [-0.4, -0.2) is 31.0 Å². The number of phenolic OH excluding ortho intramolecular Hbond substituents is 2. The highest BCUT2D eigenvalue weighted by molar-refractivity contribution is 5.59. The molecule has 0 spiro atoms. The Balaban J connectivity index is 2.03. The molecule has 1 aliphatic heterocycles. The van der Waals surface area contributed by atoms with Gasteiger partial charge in [0.2, 0.25) is 0 Å². The molecule has 0 amide bonds. The van der Waals surface area contributed by atoms with E-state index in [9.17, 15) is 10.2 Å². The first-order valence-electron chi connectivity index (χ1n) is 8.99. The average Bonchev–Trinajstić information content (AvgIpc) is 2.64. The summed E-state index contributed by atoms with van der Waals surface area (Å²) >= 11 is 0. The van der Waals surface area contributed by atoms with E-state index in [0.717, 1.165) is 33.9 Å². The second kappa shape index (κ2) is 7.82. The summed E-state index contributed by atoms with van der Waals surface area (Å²) in [5.74, 6) is 2.35. The molecule has 27 heavy (non-hydrogen) atoms. The molecule has 1 aliphatic rings. The minimum atomic E-state index is -0.0308. The Labute approximate surface area is 159 Å². The van der Waals surface area contributed by atoms with Crippen molar-refractivity contribution in [2.45, 2.75) is 32.6 Å². The summed E-state index contributed by atoms with van der Waals surface area (Å²) in [6.07, 6.45) is 3.51.